The molecule has 2 heterocycles. The zero-order valence-electron chi connectivity index (χ0n) is 9.91. The van der Waals surface area contributed by atoms with Gasteiger partial charge in [-0.2, -0.15) is 0 Å². The summed E-state index contributed by atoms with van der Waals surface area (Å²) in [5.74, 6) is 0. The molecule has 0 spiro atoms. The summed E-state index contributed by atoms with van der Waals surface area (Å²) >= 11 is 3.84. The second-order valence-electron chi connectivity index (χ2n) is 4.45. The van der Waals surface area contributed by atoms with Crippen LogP contribution in [0.4, 0.5) is 5.00 Å². The van der Waals surface area contributed by atoms with Gasteiger partial charge >= 0.3 is 5.00 Å². The van der Waals surface area contributed by atoms with E-state index in [2.05, 4.69) is 36.0 Å². The summed E-state index contributed by atoms with van der Waals surface area (Å²) in [5, 5.41) is 19.7. The predicted octanol–water partition coefficient (Wildman–Crippen LogP) is 3.35. The maximum absolute atomic E-state index is 10.5. The first-order chi connectivity index (χ1) is 8.36. The Kier molecular flexibility index (Phi) is 3.64. The van der Waals surface area contributed by atoms with Crippen molar-refractivity contribution in [1.82, 2.24) is 15.2 Å². The molecule has 0 unspecified atom stereocenters. The van der Waals surface area contributed by atoms with E-state index in [1.807, 2.05) is 0 Å². The zero-order valence-corrected chi connectivity index (χ0v) is 12.4. The van der Waals surface area contributed by atoms with E-state index in [9.17, 15) is 10.1 Å². The minimum atomic E-state index is -0.442. The largest absolute Gasteiger partial charge is 0.344 e. The quantitative estimate of drug-likeness (QED) is 0.638. The SMILES string of the molecule is CC(C)(C)c1nnc(Sc2ncc([N+](=O)[O-])s2)s1. The Morgan fingerprint density at radius 3 is 2.50 bits per heavy atom. The molecular formula is C9H10N4O2S3. The Hall–Kier alpha value is -1.06. The lowest BCUT2D eigenvalue weighted by Crippen LogP contribution is -2.10. The number of rotatable bonds is 3. The maximum Gasteiger partial charge on any atom is 0.344 e. The number of aromatic nitrogens is 3. The summed E-state index contributed by atoms with van der Waals surface area (Å²) < 4.78 is 1.36. The molecule has 9 heteroatoms. The van der Waals surface area contributed by atoms with E-state index in [0.29, 0.717) is 4.34 Å². The lowest BCUT2D eigenvalue weighted by atomic mass is 9.98. The number of hydrogen-bond donors (Lipinski definition) is 0. The van der Waals surface area contributed by atoms with E-state index in [1.54, 1.807) is 0 Å². The molecule has 0 radical (unpaired) electrons. The van der Waals surface area contributed by atoms with Gasteiger partial charge in [0.05, 0.1) is 4.92 Å². The van der Waals surface area contributed by atoms with Crippen LogP contribution in [-0.4, -0.2) is 20.1 Å². The smallest absolute Gasteiger partial charge is 0.257 e. The van der Waals surface area contributed by atoms with Gasteiger partial charge in [0.1, 0.15) is 11.2 Å². The molecule has 18 heavy (non-hydrogen) atoms. The van der Waals surface area contributed by atoms with E-state index in [4.69, 9.17) is 0 Å². The second kappa shape index (κ2) is 4.90. The predicted molar refractivity (Wildman–Crippen MR) is 71.5 cm³/mol. The molecule has 96 valence electrons. The van der Waals surface area contributed by atoms with Crippen LogP contribution in [0.5, 0.6) is 0 Å². The van der Waals surface area contributed by atoms with Crippen molar-refractivity contribution in [2.45, 2.75) is 34.9 Å². The summed E-state index contributed by atoms with van der Waals surface area (Å²) in [5.41, 5.74) is -0.0364. The first-order valence-corrected chi connectivity index (χ1v) is 7.43. The molecule has 2 aromatic rings. The molecule has 0 saturated heterocycles. The fourth-order valence-corrected chi connectivity index (χ4v) is 3.90. The summed E-state index contributed by atoms with van der Waals surface area (Å²) in [6.45, 7) is 6.20. The van der Waals surface area contributed by atoms with Crippen LogP contribution in [-0.2, 0) is 5.41 Å². The van der Waals surface area contributed by atoms with Crippen molar-refractivity contribution in [3.63, 3.8) is 0 Å². The normalized spacial score (nSPS) is 11.7. The molecule has 0 amide bonds. The molecule has 2 aromatic heterocycles. The van der Waals surface area contributed by atoms with Gasteiger partial charge in [0.15, 0.2) is 8.68 Å². The second-order valence-corrected chi connectivity index (χ2v) is 7.93. The molecule has 0 fully saturated rings. The summed E-state index contributed by atoms with van der Waals surface area (Å²) in [6, 6.07) is 0. The standard InChI is InChI=1S/C9H10N4O2S3/c1-9(2,3)6-11-12-8(17-6)18-7-10-4-5(16-7)13(14)15/h4H,1-3H3. The summed E-state index contributed by atoms with van der Waals surface area (Å²) in [6.07, 6.45) is 1.26. The first-order valence-electron chi connectivity index (χ1n) is 4.98. The number of hydrogen-bond acceptors (Lipinski definition) is 8. The number of nitrogens with zero attached hydrogens (tertiary/aromatic N) is 4. The van der Waals surface area contributed by atoms with Gasteiger partial charge in [-0.25, -0.2) is 4.98 Å². The van der Waals surface area contributed by atoms with Crippen LogP contribution in [0, 0.1) is 10.1 Å². The van der Waals surface area contributed by atoms with E-state index in [-0.39, 0.29) is 10.4 Å². The molecule has 6 nitrogen and oxygen atoms in total. The van der Waals surface area contributed by atoms with Crippen molar-refractivity contribution in [1.29, 1.82) is 0 Å². The Morgan fingerprint density at radius 1 is 1.28 bits per heavy atom. The lowest BCUT2D eigenvalue weighted by molar-refractivity contribution is -0.380. The fourth-order valence-electron chi connectivity index (χ4n) is 1.01. The third-order valence-corrected chi connectivity index (χ3v) is 5.30. The van der Waals surface area contributed by atoms with Crippen LogP contribution >= 0.6 is 34.4 Å². The monoisotopic (exact) mass is 302 g/mol. The number of thiazole rings is 1. The fraction of sp³-hybridized carbons (Fsp3) is 0.444. The Bertz CT molecular complexity index is 572. The van der Waals surface area contributed by atoms with Crippen LogP contribution in [0.1, 0.15) is 25.8 Å². The minimum absolute atomic E-state index is 0.0364. The average molecular weight is 302 g/mol. The summed E-state index contributed by atoms with van der Waals surface area (Å²) in [7, 11) is 0. The van der Waals surface area contributed by atoms with E-state index in [1.165, 1.54) is 29.3 Å². The Labute approximate surface area is 116 Å². The molecule has 0 aliphatic rings. The van der Waals surface area contributed by atoms with E-state index in [0.717, 1.165) is 20.7 Å². The van der Waals surface area contributed by atoms with Crippen molar-refractivity contribution in [3.05, 3.63) is 21.3 Å². The highest BCUT2D eigenvalue weighted by Gasteiger charge is 2.20. The molecule has 0 bridgehead atoms. The van der Waals surface area contributed by atoms with Crippen LogP contribution in [0.15, 0.2) is 14.9 Å². The van der Waals surface area contributed by atoms with Gasteiger partial charge in [-0.1, -0.05) is 32.1 Å². The molecule has 0 atom stereocenters. The third-order valence-electron chi connectivity index (χ3n) is 1.87. The molecule has 0 N–H and O–H groups in total. The molecular weight excluding hydrogens is 292 g/mol. The average Bonchev–Trinajstić information content (AvgIpc) is 2.85. The highest BCUT2D eigenvalue weighted by molar-refractivity contribution is 8.02. The van der Waals surface area contributed by atoms with Gasteiger partial charge in [0.2, 0.25) is 0 Å². The minimum Gasteiger partial charge on any atom is -0.257 e. The van der Waals surface area contributed by atoms with Crippen molar-refractivity contribution in [3.8, 4) is 0 Å². The topological polar surface area (TPSA) is 81.8 Å². The molecule has 0 aliphatic heterocycles. The van der Waals surface area contributed by atoms with Gasteiger partial charge in [0, 0.05) is 5.41 Å². The van der Waals surface area contributed by atoms with Gasteiger partial charge in [-0.3, -0.25) is 10.1 Å². The van der Waals surface area contributed by atoms with Gasteiger partial charge in [0.25, 0.3) is 0 Å². The number of nitro groups is 1. The van der Waals surface area contributed by atoms with E-state index >= 15 is 0 Å². The first kappa shape index (κ1) is 13.4. The molecule has 2 rings (SSSR count). The van der Waals surface area contributed by atoms with Crippen LogP contribution < -0.4 is 0 Å². The summed E-state index contributed by atoms with van der Waals surface area (Å²) in [4.78, 5) is 14.1. The lowest BCUT2D eigenvalue weighted by Gasteiger charge is -2.12. The van der Waals surface area contributed by atoms with Gasteiger partial charge < -0.3 is 0 Å². The van der Waals surface area contributed by atoms with E-state index < -0.39 is 4.92 Å². The molecule has 0 aromatic carbocycles. The maximum atomic E-state index is 10.5. The van der Waals surface area contributed by atoms with Crippen molar-refractivity contribution < 1.29 is 4.92 Å². The zero-order chi connectivity index (χ0) is 13.3. The highest BCUT2D eigenvalue weighted by Crippen LogP contribution is 2.37. The van der Waals surface area contributed by atoms with Crippen LogP contribution in [0.3, 0.4) is 0 Å². The Morgan fingerprint density at radius 2 is 2.00 bits per heavy atom. The highest BCUT2D eigenvalue weighted by atomic mass is 32.2. The third kappa shape index (κ3) is 3.03. The van der Waals surface area contributed by atoms with Crippen molar-refractivity contribution in [2.75, 3.05) is 0 Å². The van der Waals surface area contributed by atoms with Gasteiger partial charge in [-0.05, 0) is 23.1 Å². The van der Waals surface area contributed by atoms with Gasteiger partial charge in [-0.15, -0.1) is 10.2 Å². The van der Waals surface area contributed by atoms with Crippen LogP contribution in [0.25, 0.3) is 0 Å². The van der Waals surface area contributed by atoms with Crippen molar-refractivity contribution >= 4 is 39.4 Å². The Balaban J connectivity index is 2.14. The van der Waals surface area contributed by atoms with Crippen molar-refractivity contribution in [2.24, 2.45) is 0 Å². The molecule has 0 saturated carbocycles. The molecule has 0 aliphatic carbocycles. The van der Waals surface area contributed by atoms with Crippen LogP contribution in [0.2, 0.25) is 0 Å².